The molecule has 0 atom stereocenters. The van der Waals surface area contributed by atoms with Crippen LogP contribution in [0.4, 0.5) is 0 Å². The summed E-state index contributed by atoms with van der Waals surface area (Å²) in [5, 5.41) is 10.9. The van der Waals surface area contributed by atoms with E-state index in [0.29, 0.717) is 5.57 Å². The molecule has 0 aromatic heterocycles. The first-order valence-electron chi connectivity index (χ1n) is 5.55. The van der Waals surface area contributed by atoms with E-state index in [0.717, 1.165) is 5.06 Å². The number of hydroxylamine groups is 2. The highest BCUT2D eigenvalue weighted by Gasteiger charge is 2.23. The minimum Gasteiger partial charge on any atom is -0.492 e. The van der Waals surface area contributed by atoms with Gasteiger partial charge in [0, 0.05) is 11.8 Å². The van der Waals surface area contributed by atoms with E-state index in [2.05, 4.69) is 0 Å². The van der Waals surface area contributed by atoms with E-state index >= 15 is 0 Å². The van der Waals surface area contributed by atoms with Gasteiger partial charge in [0.25, 0.3) is 5.78 Å². The number of Topliss-reactive ketones (excluding diaryl/α,β-unsaturated/α-hetero) is 1. The van der Waals surface area contributed by atoms with Crippen molar-refractivity contribution in [2.75, 3.05) is 14.2 Å². The van der Waals surface area contributed by atoms with Gasteiger partial charge < -0.3 is 9.47 Å². The van der Waals surface area contributed by atoms with Gasteiger partial charge in [-0.25, -0.2) is 0 Å². The van der Waals surface area contributed by atoms with E-state index in [1.54, 1.807) is 12.2 Å². The monoisotopic (exact) mass is 253 g/mol. The Morgan fingerprint density at radius 3 is 1.94 bits per heavy atom. The molecular weight excluding hydrogens is 234 g/mol. The lowest BCUT2D eigenvalue weighted by molar-refractivity contribution is -0.118. The Balaban J connectivity index is 3.09. The average molecular weight is 253 g/mol. The fourth-order valence-electron chi connectivity index (χ4n) is 1.31. The summed E-state index contributed by atoms with van der Waals surface area (Å²) >= 11 is 0. The van der Waals surface area contributed by atoms with E-state index in [1.165, 1.54) is 20.4 Å². The van der Waals surface area contributed by atoms with Crippen molar-refractivity contribution >= 4 is 5.78 Å². The molecule has 0 aromatic carbocycles. The van der Waals surface area contributed by atoms with Crippen LogP contribution in [0, 0.1) is 0 Å². The maximum atomic E-state index is 11.7. The van der Waals surface area contributed by atoms with Crippen LogP contribution in [0.2, 0.25) is 0 Å². The highest BCUT2D eigenvalue weighted by atomic mass is 16.5. The topological polar surface area (TPSA) is 59.0 Å². The normalized spacial score (nSPS) is 15.9. The number of allylic oxidation sites excluding steroid dienone is 3. The van der Waals surface area contributed by atoms with E-state index in [-0.39, 0.29) is 17.3 Å². The van der Waals surface area contributed by atoms with Gasteiger partial charge in [-0.15, -0.1) is 0 Å². The molecular formula is C13H19NO4. The third kappa shape index (κ3) is 3.13. The molecule has 100 valence electrons. The smallest absolute Gasteiger partial charge is 0.261 e. The van der Waals surface area contributed by atoms with Crippen molar-refractivity contribution < 1.29 is 19.5 Å². The number of carbonyl (C=O) groups is 1. The third-order valence-electron chi connectivity index (χ3n) is 2.44. The van der Waals surface area contributed by atoms with Crippen molar-refractivity contribution in [3.05, 3.63) is 35.4 Å². The summed E-state index contributed by atoms with van der Waals surface area (Å²) in [6.45, 7) is 5.58. The Hall–Kier alpha value is -1.75. The lowest BCUT2D eigenvalue weighted by atomic mass is 10.0. The molecule has 0 spiro atoms. The number of ketones is 1. The molecule has 0 aliphatic heterocycles. The van der Waals surface area contributed by atoms with E-state index in [9.17, 15) is 10.0 Å². The summed E-state index contributed by atoms with van der Waals surface area (Å²) in [7, 11) is 2.83. The molecule has 0 radical (unpaired) electrons. The Morgan fingerprint density at radius 2 is 1.61 bits per heavy atom. The molecule has 0 fully saturated rings. The van der Waals surface area contributed by atoms with Gasteiger partial charge in [-0.2, -0.15) is 0 Å². The molecule has 1 aliphatic rings. The summed E-state index contributed by atoms with van der Waals surface area (Å²) in [5.41, 5.74) is 0.192. The predicted molar refractivity (Wildman–Crippen MR) is 66.7 cm³/mol. The second-order valence-electron chi connectivity index (χ2n) is 4.90. The predicted octanol–water partition coefficient (Wildman–Crippen LogP) is 2.00. The molecule has 0 aromatic rings. The van der Waals surface area contributed by atoms with E-state index in [4.69, 9.17) is 9.47 Å². The SMILES string of the molecule is COC1=CC(=CN(O)C(C)(C)C)C=C(OC)C1=O. The van der Waals surface area contributed by atoms with Gasteiger partial charge in [0.15, 0.2) is 11.5 Å². The number of carbonyl (C=O) groups excluding carboxylic acids is 1. The van der Waals surface area contributed by atoms with Crippen LogP contribution in [0.5, 0.6) is 0 Å². The highest BCUT2D eigenvalue weighted by Crippen LogP contribution is 2.21. The van der Waals surface area contributed by atoms with Crippen molar-refractivity contribution in [3.8, 4) is 0 Å². The van der Waals surface area contributed by atoms with Crippen molar-refractivity contribution in [2.24, 2.45) is 0 Å². The fourth-order valence-corrected chi connectivity index (χ4v) is 1.31. The molecule has 0 saturated heterocycles. The largest absolute Gasteiger partial charge is 0.492 e. The molecule has 18 heavy (non-hydrogen) atoms. The number of rotatable bonds is 3. The molecule has 0 bridgehead atoms. The first-order valence-corrected chi connectivity index (χ1v) is 5.55. The van der Waals surface area contributed by atoms with Crippen LogP contribution < -0.4 is 0 Å². The molecule has 1 N–H and O–H groups in total. The van der Waals surface area contributed by atoms with Gasteiger partial charge >= 0.3 is 0 Å². The molecule has 1 rings (SSSR count). The Labute approximate surface area is 107 Å². The van der Waals surface area contributed by atoms with Gasteiger partial charge in [0.1, 0.15) is 0 Å². The van der Waals surface area contributed by atoms with Crippen molar-refractivity contribution in [1.29, 1.82) is 0 Å². The first kappa shape index (κ1) is 14.3. The van der Waals surface area contributed by atoms with Crippen molar-refractivity contribution in [1.82, 2.24) is 5.06 Å². The van der Waals surface area contributed by atoms with Crippen LogP contribution in [0.3, 0.4) is 0 Å². The first-order chi connectivity index (χ1) is 8.29. The highest BCUT2D eigenvalue weighted by molar-refractivity contribution is 6.07. The average Bonchev–Trinajstić information content (AvgIpc) is 2.29. The fraction of sp³-hybridized carbons (Fsp3) is 0.462. The summed E-state index contributed by atoms with van der Waals surface area (Å²) in [5.74, 6) is 0.0585. The van der Waals surface area contributed by atoms with Gasteiger partial charge in [0.05, 0.1) is 19.8 Å². The van der Waals surface area contributed by atoms with Crippen LogP contribution in [0.15, 0.2) is 35.4 Å². The van der Waals surface area contributed by atoms with Gasteiger partial charge in [-0.05, 0) is 32.9 Å². The van der Waals surface area contributed by atoms with Gasteiger partial charge in [0.2, 0.25) is 0 Å². The molecule has 5 heteroatoms. The van der Waals surface area contributed by atoms with E-state index < -0.39 is 5.54 Å². The Morgan fingerprint density at radius 1 is 1.17 bits per heavy atom. The lowest BCUT2D eigenvalue weighted by Crippen LogP contribution is -2.34. The quantitative estimate of drug-likeness (QED) is 0.780. The maximum absolute atomic E-state index is 11.7. The summed E-state index contributed by atoms with van der Waals surface area (Å²) < 4.78 is 9.97. The lowest BCUT2D eigenvalue weighted by Gasteiger charge is -2.28. The zero-order valence-electron chi connectivity index (χ0n) is 11.4. The van der Waals surface area contributed by atoms with Crippen molar-refractivity contribution in [2.45, 2.75) is 26.3 Å². The van der Waals surface area contributed by atoms with Gasteiger partial charge in [-0.1, -0.05) is 0 Å². The minimum absolute atomic E-state index is 0.183. The Kier molecular flexibility index (Phi) is 4.19. The zero-order valence-corrected chi connectivity index (χ0v) is 11.4. The number of ether oxygens (including phenoxy) is 2. The molecule has 0 saturated carbocycles. The standard InChI is InChI=1S/C13H19NO4/c1-13(2,3)14(16)8-9-6-10(17-4)12(15)11(7-9)18-5/h6-8,16H,1-5H3. The van der Waals surface area contributed by atoms with Crippen LogP contribution >= 0.6 is 0 Å². The minimum atomic E-state index is -0.434. The van der Waals surface area contributed by atoms with Crippen LogP contribution in [-0.2, 0) is 14.3 Å². The molecule has 1 aliphatic carbocycles. The van der Waals surface area contributed by atoms with E-state index in [1.807, 2.05) is 20.8 Å². The van der Waals surface area contributed by atoms with Crippen LogP contribution in [0.1, 0.15) is 20.8 Å². The zero-order chi connectivity index (χ0) is 13.9. The summed E-state index contributed by atoms with van der Waals surface area (Å²) in [6.07, 6.45) is 4.63. The van der Waals surface area contributed by atoms with Crippen LogP contribution in [0.25, 0.3) is 0 Å². The molecule has 5 nitrogen and oxygen atoms in total. The number of hydrogen-bond acceptors (Lipinski definition) is 5. The van der Waals surface area contributed by atoms with Crippen molar-refractivity contribution in [3.63, 3.8) is 0 Å². The molecule has 0 unspecified atom stereocenters. The number of hydrogen-bond donors (Lipinski definition) is 1. The molecule has 0 heterocycles. The third-order valence-corrected chi connectivity index (χ3v) is 2.44. The maximum Gasteiger partial charge on any atom is 0.261 e. The second kappa shape index (κ2) is 5.27. The van der Waals surface area contributed by atoms with Gasteiger partial charge in [-0.3, -0.25) is 15.1 Å². The number of nitrogens with zero attached hydrogens (tertiary/aromatic N) is 1. The summed E-state index contributed by atoms with van der Waals surface area (Å²) in [4.78, 5) is 11.7. The second-order valence-corrected chi connectivity index (χ2v) is 4.90. The summed E-state index contributed by atoms with van der Waals surface area (Å²) in [6, 6.07) is 0. The Bertz CT molecular complexity index is 401. The van der Waals surface area contributed by atoms with Crippen LogP contribution in [-0.4, -0.2) is 35.8 Å². The number of methoxy groups -OCH3 is 2. The molecule has 0 amide bonds.